The van der Waals surface area contributed by atoms with Crippen LogP contribution in [0.3, 0.4) is 0 Å². The highest BCUT2D eigenvalue weighted by molar-refractivity contribution is 5.42. The lowest BCUT2D eigenvalue weighted by molar-refractivity contribution is -0.510. The first-order chi connectivity index (χ1) is 12.8. The van der Waals surface area contributed by atoms with Crippen LogP contribution < -0.4 is 0 Å². The minimum Gasteiger partial charge on any atom is -0.0470 e. The minimum atomic E-state index is 0.928. The summed E-state index contributed by atoms with van der Waals surface area (Å²) < 4.78 is 0. The summed E-state index contributed by atoms with van der Waals surface area (Å²) in [4.78, 5) is 0. The Morgan fingerprint density at radius 3 is 2.23 bits per heavy atom. The molecule has 3 spiro atoms. The average Bonchev–Trinajstić information content (AvgIpc) is 2.64. The fourth-order valence-corrected chi connectivity index (χ4v) is 17.0. The summed E-state index contributed by atoms with van der Waals surface area (Å²) in [7, 11) is 0. The summed E-state index contributed by atoms with van der Waals surface area (Å²) in [6.45, 7) is 0. The van der Waals surface area contributed by atoms with Crippen LogP contribution in [0.25, 0.3) is 0 Å². The van der Waals surface area contributed by atoms with Crippen molar-refractivity contribution in [1.29, 1.82) is 0 Å². The van der Waals surface area contributed by atoms with E-state index in [2.05, 4.69) is 0 Å². The maximum atomic E-state index is 1.79. The second-order valence-corrected chi connectivity index (χ2v) is 14.3. The third-order valence-corrected chi connectivity index (χ3v) is 15.4. The number of rotatable bonds is 0. The van der Waals surface area contributed by atoms with Crippen LogP contribution in [0.5, 0.6) is 0 Å². The van der Waals surface area contributed by atoms with Crippen molar-refractivity contribution >= 4 is 0 Å². The van der Waals surface area contributed by atoms with Crippen LogP contribution in [0.2, 0.25) is 0 Å². The van der Waals surface area contributed by atoms with Gasteiger partial charge in [0.2, 0.25) is 0 Å². The Morgan fingerprint density at radius 1 is 0.462 bits per heavy atom. The van der Waals surface area contributed by atoms with E-state index in [-0.39, 0.29) is 0 Å². The van der Waals surface area contributed by atoms with Crippen LogP contribution >= 0.6 is 0 Å². The lowest BCUT2D eigenvalue weighted by Crippen LogP contribution is -2.93. The topological polar surface area (TPSA) is 0 Å². The van der Waals surface area contributed by atoms with E-state index in [1.807, 2.05) is 0 Å². The van der Waals surface area contributed by atoms with Crippen LogP contribution in [-0.4, -0.2) is 0 Å². The van der Waals surface area contributed by atoms with E-state index < -0.39 is 0 Å². The monoisotopic (exact) mass is 344 g/mol. The maximum absolute atomic E-state index is 1.79. The van der Waals surface area contributed by atoms with Gasteiger partial charge in [0.05, 0.1) is 0 Å². The van der Waals surface area contributed by atoms with Crippen molar-refractivity contribution in [3.8, 4) is 0 Å². The van der Waals surface area contributed by atoms with Gasteiger partial charge < -0.3 is 0 Å². The van der Waals surface area contributed by atoms with Gasteiger partial charge in [0.25, 0.3) is 0 Å². The first kappa shape index (κ1) is 12.5. The Morgan fingerprint density at radius 2 is 1.27 bits per heavy atom. The largest absolute Gasteiger partial charge is 0.0470 e. The molecule has 17 atom stereocenters. The molecular formula is C26H32. The van der Waals surface area contributed by atoms with Crippen molar-refractivity contribution in [3.05, 3.63) is 0 Å². The molecule has 0 radical (unpaired) electrons. The van der Waals surface area contributed by atoms with Gasteiger partial charge in [-0.2, -0.15) is 0 Å². The van der Waals surface area contributed by atoms with Gasteiger partial charge in [0.15, 0.2) is 0 Å². The molecule has 16 aliphatic rings. The first-order valence-corrected chi connectivity index (χ1v) is 12.8. The summed E-state index contributed by atoms with van der Waals surface area (Å²) in [5.41, 5.74) is 2.81. The van der Waals surface area contributed by atoms with E-state index in [1.54, 1.807) is 57.8 Å². The second kappa shape index (κ2) is 3.02. The predicted molar refractivity (Wildman–Crippen MR) is 97.7 cm³/mol. The zero-order chi connectivity index (χ0) is 15.9. The van der Waals surface area contributed by atoms with Crippen LogP contribution in [0, 0.1) is 99.1 Å². The third kappa shape index (κ3) is 0.763. The molecule has 17 bridgehead atoms. The van der Waals surface area contributed by atoms with Gasteiger partial charge in [-0.1, -0.05) is 0 Å². The fraction of sp³-hybridized carbons (Fsp3) is 1.00. The van der Waals surface area contributed by atoms with Crippen molar-refractivity contribution in [2.24, 2.45) is 99.1 Å². The lowest BCUT2D eigenvalue weighted by atomic mass is 9.06. The normalized spacial score (nSPS) is 88.6. The molecule has 0 heterocycles. The molecule has 136 valence electrons. The van der Waals surface area contributed by atoms with E-state index in [0.717, 1.165) is 16.2 Å². The van der Waals surface area contributed by atoms with E-state index in [0.29, 0.717) is 0 Å². The molecule has 0 aliphatic heterocycles. The molecule has 0 saturated heterocycles. The molecule has 26 heavy (non-hydrogen) atoms. The molecule has 16 fully saturated rings. The summed E-state index contributed by atoms with van der Waals surface area (Å²) in [5, 5.41) is 0. The second-order valence-electron chi connectivity index (χ2n) is 14.3. The van der Waals surface area contributed by atoms with Crippen LogP contribution in [0.15, 0.2) is 0 Å². The molecule has 0 N–H and O–H groups in total. The fourth-order valence-electron chi connectivity index (χ4n) is 17.0. The summed E-state index contributed by atoms with van der Waals surface area (Å²) in [5.74, 6) is 17.4. The van der Waals surface area contributed by atoms with Crippen LogP contribution in [0.4, 0.5) is 0 Å². The van der Waals surface area contributed by atoms with Crippen molar-refractivity contribution in [1.82, 2.24) is 0 Å². The smallest absolute Gasteiger partial charge is 0.0162 e. The summed E-state index contributed by atoms with van der Waals surface area (Å²) in [6.07, 6.45) is 15.7. The van der Waals surface area contributed by atoms with Crippen LogP contribution in [0.1, 0.15) is 57.8 Å². The van der Waals surface area contributed by atoms with Crippen molar-refractivity contribution in [2.75, 3.05) is 0 Å². The minimum absolute atomic E-state index is 0.928. The van der Waals surface area contributed by atoms with E-state index >= 15 is 0 Å². The standard InChI is InChI=1S/C26H32/c1-10-3-16-17-9-25-19-4-11-2-13-12(19)5-15-18-8-24(6-10,21(14(1)17)22(15)25)23(16)26(25,7-11)20(13)18/h10-23H,1-9H2. The number of hydrogen-bond acceptors (Lipinski definition) is 0. The molecule has 0 amide bonds. The van der Waals surface area contributed by atoms with Crippen LogP contribution in [-0.2, 0) is 0 Å². The van der Waals surface area contributed by atoms with Gasteiger partial charge in [-0.05, 0) is 157 Å². The van der Waals surface area contributed by atoms with Gasteiger partial charge in [0.1, 0.15) is 0 Å². The average molecular weight is 345 g/mol. The Labute approximate surface area is 157 Å². The Balaban J connectivity index is 1.35. The zero-order valence-corrected chi connectivity index (χ0v) is 15.9. The van der Waals surface area contributed by atoms with E-state index in [9.17, 15) is 0 Å². The molecule has 16 rings (SSSR count). The Kier molecular flexibility index (Phi) is 1.46. The highest BCUT2D eigenvalue weighted by Gasteiger charge is 2.94. The van der Waals surface area contributed by atoms with Gasteiger partial charge >= 0.3 is 0 Å². The maximum Gasteiger partial charge on any atom is -0.0162 e. The molecule has 16 saturated carbocycles. The predicted octanol–water partition coefficient (Wildman–Crippen LogP) is 5.23. The lowest BCUT2D eigenvalue weighted by Gasteiger charge is -2.98. The van der Waals surface area contributed by atoms with E-state index in [4.69, 9.17) is 0 Å². The van der Waals surface area contributed by atoms with E-state index in [1.165, 1.54) is 82.9 Å². The van der Waals surface area contributed by atoms with Gasteiger partial charge in [-0.15, -0.1) is 0 Å². The Bertz CT molecular complexity index is 841. The highest BCUT2D eigenvalue weighted by atomic mass is 15.0. The SMILES string of the molecule is C1C2CC3C4CC56C7CC8CC9C7CC7C%10CC(C2)(C(C14)C75)C3C6(C8)C9%10. The molecule has 0 aromatic carbocycles. The molecule has 0 aromatic rings. The summed E-state index contributed by atoms with van der Waals surface area (Å²) in [6, 6.07) is 0. The zero-order valence-electron chi connectivity index (χ0n) is 15.9. The summed E-state index contributed by atoms with van der Waals surface area (Å²) >= 11 is 0. The van der Waals surface area contributed by atoms with Crippen molar-refractivity contribution < 1.29 is 0 Å². The van der Waals surface area contributed by atoms with Gasteiger partial charge in [-0.25, -0.2) is 0 Å². The molecule has 0 nitrogen and oxygen atoms in total. The molecular weight excluding hydrogens is 312 g/mol. The molecule has 16 aliphatic carbocycles. The third-order valence-electron chi connectivity index (χ3n) is 15.4. The molecule has 0 aromatic heterocycles. The molecule has 0 heteroatoms. The first-order valence-electron chi connectivity index (χ1n) is 12.8. The van der Waals surface area contributed by atoms with Crippen molar-refractivity contribution in [3.63, 3.8) is 0 Å². The van der Waals surface area contributed by atoms with Gasteiger partial charge in [-0.3, -0.25) is 0 Å². The quantitative estimate of drug-likeness (QED) is 0.564. The van der Waals surface area contributed by atoms with Crippen molar-refractivity contribution in [2.45, 2.75) is 57.8 Å². The molecule has 17 unspecified atom stereocenters. The number of hydrogen-bond donors (Lipinski definition) is 0. The Hall–Kier alpha value is 0. The van der Waals surface area contributed by atoms with Gasteiger partial charge in [0, 0.05) is 0 Å². The highest BCUT2D eigenvalue weighted by Crippen LogP contribution is 3.00.